The summed E-state index contributed by atoms with van der Waals surface area (Å²) in [5.41, 5.74) is -2.66. The Balaban J connectivity index is 2.01. The number of carbonyl (C=O) groups excluding carboxylic acids is 5. The van der Waals surface area contributed by atoms with Gasteiger partial charge in [-0.3, -0.25) is 38.8 Å². The number of nitrogens with zero attached hydrogens (tertiary/aromatic N) is 3. The number of anilines is 1. The molecule has 18 heteroatoms. The maximum Gasteiger partial charge on any atom is 0.308 e. The van der Waals surface area contributed by atoms with Gasteiger partial charge in [-0.25, -0.2) is 4.98 Å². The van der Waals surface area contributed by atoms with Gasteiger partial charge in [0.15, 0.2) is 29.6 Å². The zero-order chi connectivity index (χ0) is 33.1. The molecule has 0 spiro atoms. The van der Waals surface area contributed by atoms with Gasteiger partial charge in [-0.1, -0.05) is 13.8 Å². The van der Waals surface area contributed by atoms with E-state index in [0.29, 0.717) is 6.29 Å². The van der Waals surface area contributed by atoms with Crippen molar-refractivity contribution in [2.24, 2.45) is 5.92 Å². The second kappa shape index (κ2) is 16.2. The van der Waals surface area contributed by atoms with Crippen LogP contribution in [0.3, 0.4) is 0 Å². The van der Waals surface area contributed by atoms with Crippen molar-refractivity contribution in [1.82, 2.24) is 19.5 Å². The van der Waals surface area contributed by atoms with E-state index in [4.69, 9.17) is 33.2 Å². The number of carbonyl (C=O) groups is 5. The van der Waals surface area contributed by atoms with Crippen molar-refractivity contribution in [3.63, 3.8) is 0 Å². The molecule has 4 atom stereocenters. The lowest BCUT2D eigenvalue weighted by Gasteiger charge is -2.33. The Morgan fingerprint density at radius 3 is 2.38 bits per heavy atom. The van der Waals surface area contributed by atoms with Gasteiger partial charge in [0, 0.05) is 19.8 Å². The quantitative estimate of drug-likeness (QED) is 0.0977. The Bertz CT molecular complexity index is 1420. The minimum Gasteiger partial charge on any atom is -0.469 e. The average Bonchev–Trinajstić information content (AvgIpc) is 3.51. The molecule has 0 aromatic carbocycles. The van der Waals surface area contributed by atoms with Crippen LogP contribution in [0.5, 0.6) is 0 Å². The first-order valence-corrected chi connectivity index (χ1v) is 14.0. The lowest BCUT2D eigenvalue weighted by Crippen LogP contribution is -2.51. The normalized spacial score (nSPS) is 21.1. The van der Waals surface area contributed by atoms with Crippen LogP contribution in [0.4, 0.5) is 5.95 Å². The fourth-order valence-electron chi connectivity index (χ4n) is 4.48. The predicted octanol–water partition coefficient (Wildman–Crippen LogP) is -0.343. The van der Waals surface area contributed by atoms with Gasteiger partial charge in [0.05, 0.1) is 52.9 Å². The molecule has 1 aliphatic heterocycles. The van der Waals surface area contributed by atoms with Crippen molar-refractivity contribution >= 4 is 47.2 Å². The third-order valence-electron chi connectivity index (χ3n) is 6.47. The van der Waals surface area contributed by atoms with Crippen molar-refractivity contribution in [2.75, 3.05) is 52.1 Å². The minimum atomic E-state index is -1.77. The molecule has 2 aromatic heterocycles. The number of aromatic nitrogens is 4. The minimum absolute atomic E-state index is 0.000495. The van der Waals surface area contributed by atoms with Crippen LogP contribution in [0, 0.1) is 5.92 Å². The maximum absolute atomic E-state index is 12.8. The molecule has 1 amide bonds. The number of ether oxygens (including phenoxy) is 7. The first-order chi connectivity index (χ1) is 21.4. The summed E-state index contributed by atoms with van der Waals surface area (Å²) in [6.07, 6.45) is -2.86. The van der Waals surface area contributed by atoms with E-state index in [1.165, 1.54) is 10.9 Å². The number of hydrogen-bond acceptors (Lipinski definition) is 15. The first-order valence-electron chi connectivity index (χ1n) is 14.0. The van der Waals surface area contributed by atoms with Gasteiger partial charge in [0.25, 0.3) is 5.56 Å². The van der Waals surface area contributed by atoms with E-state index in [2.05, 4.69) is 20.3 Å². The number of fused-ring (bicyclic) bond motifs is 1. The second-order valence-electron chi connectivity index (χ2n) is 10.2. The van der Waals surface area contributed by atoms with E-state index in [-0.39, 0.29) is 56.8 Å². The Morgan fingerprint density at radius 1 is 1.09 bits per heavy atom. The molecule has 1 aliphatic rings. The second-order valence-corrected chi connectivity index (χ2v) is 10.2. The molecule has 1 saturated heterocycles. The number of nitrogens with one attached hydrogen (secondary N) is 2. The first kappa shape index (κ1) is 35.2. The lowest BCUT2D eigenvalue weighted by molar-refractivity contribution is -0.182. The van der Waals surface area contributed by atoms with Gasteiger partial charge in [-0.05, 0) is 0 Å². The van der Waals surface area contributed by atoms with Gasteiger partial charge in [0.1, 0.15) is 18.5 Å². The standard InChI is InChI=1S/C27H37N5O13/c1-15(2)23(37)30-26-29-22-19(24(38)31-26)28-14-32(22)25-20(43-16(3)34)21(44-17(4)35)27(45-25,12-18(36)39-5)13-42-11-10-41-9-8-40-7-6-33/h6,14-15,20-21,25H,7-13H2,1-5H3,(H2,29,30,31,37,38)/t20-,21+,25-,27-/m1/s1. The number of imidazole rings is 1. The number of rotatable bonds is 17. The molecular weight excluding hydrogens is 602 g/mol. The number of esters is 3. The fraction of sp³-hybridized carbons (Fsp3) is 0.630. The summed E-state index contributed by atoms with van der Waals surface area (Å²) in [6.45, 7) is 5.61. The van der Waals surface area contributed by atoms with Crippen LogP contribution in [0.1, 0.15) is 40.3 Å². The monoisotopic (exact) mass is 639 g/mol. The average molecular weight is 640 g/mol. The third-order valence-corrected chi connectivity index (χ3v) is 6.47. The van der Waals surface area contributed by atoms with Gasteiger partial charge in [-0.2, -0.15) is 4.98 Å². The highest BCUT2D eigenvalue weighted by atomic mass is 16.7. The lowest BCUT2D eigenvalue weighted by atomic mass is 9.91. The van der Waals surface area contributed by atoms with Crippen LogP contribution in [-0.4, -0.2) is 114 Å². The molecule has 0 aliphatic carbocycles. The van der Waals surface area contributed by atoms with E-state index in [1.54, 1.807) is 13.8 Å². The summed E-state index contributed by atoms with van der Waals surface area (Å²) in [6, 6.07) is 0. The Kier molecular flexibility index (Phi) is 12.7. The van der Waals surface area contributed by atoms with Gasteiger partial charge in [0.2, 0.25) is 11.9 Å². The van der Waals surface area contributed by atoms with Crippen molar-refractivity contribution < 1.29 is 57.1 Å². The van der Waals surface area contributed by atoms with Crippen molar-refractivity contribution in [3.8, 4) is 0 Å². The number of aromatic amines is 1. The van der Waals surface area contributed by atoms with E-state index in [9.17, 15) is 28.8 Å². The maximum atomic E-state index is 12.8. The molecule has 1 fully saturated rings. The molecule has 2 aromatic rings. The number of methoxy groups -OCH3 is 1. The summed E-state index contributed by atoms with van der Waals surface area (Å²) in [4.78, 5) is 83.6. The smallest absolute Gasteiger partial charge is 0.308 e. The Morgan fingerprint density at radius 2 is 1.76 bits per heavy atom. The fourth-order valence-corrected chi connectivity index (χ4v) is 4.48. The largest absolute Gasteiger partial charge is 0.469 e. The van der Waals surface area contributed by atoms with Crippen LogP contribution in [0.2, 0.25) is 0 Å². The molecule has 2 N–H and O–H groups in total. The van der Waals surface area contributed by atoms with Crippen molar-refractivity contribution in [1.29, 1.82) is 0 Å². The molecule has 3 heterocycles. The summed E-state index contributed by atoms with van der Waals surface area (Å²) >= 11 is 0. The van der Waals surface area contributed by atoms with E-state index >= 15 is 0 Å². The number of hydrogen-bond donors (Lipinski definition) is 2. The number of aldehydes is 1. The van der Waals surface area contributed by atoms with Crippen molar-refractivity contribution in [2.45, 2.75) is 58.2 Å². The van der Waals surface area contributed by atoms with Gasteiger partial charge >= 0.3 is 17.9 Å². The SMILES string of the molecule is COC(=O)C[C@]1(COCCOCCOCC=O)O[C@@H](n2cnc3c(=O)[nH]c(NC(=O)C(C)C)nc32)[C@H](OC(C)=O)[C@@H]1OC(C)=O. The highest BCUT2D eigenvalue weighted by Crippen LogP contribution is 2.44. The van der Waals surface area contributed by atoms with Crippen LogP contribution < -0.4 is 10.9 Å². The van der Waals surface area contributed by atoms with Gasteiger partial charge < -0.3 is 38.0 Å². The van der Waals surface area contributed by atoms with E-state index in [1.807, 2.05) is 0 Å². The summed E-state index contributed by atoms with van der Waals surface area (Å²) in [5.74, 6) is -3.33. The summed E-state index contributed by atoms with van der Waals surface area (Å²) in [7, 11) is 1.15. The molecule has 3 rings (SSSR count). The summed E-state index contributed by atoms with van der Waals surface area (Å²) in [5, 5.41) is 2.51. The third kappa shape index (κ3) is 9.13. The molecule has 248 valence electrons. The number of H-pyrrole nitrogens is 1. The van der Waals surface area contributed by atoms with Gasteiger partial charge in [-0.15, -0.1) is 0 Å². The van der Waals surface area contributed by atoms with Crippen LogP contribution in [0.15, 0.2) is 11.1 Å². The predicted molar refractivity (Wildman–Crippen MR) is 151 cm³/mol. The van der Waals surface area contributed by atoms with E-state index in [0.717, 1.165) is 21.0 Å². The molecule has 0 saturated carbocycles. The molecular formula is C27H37N5O13. The highest BCUT2D eigenvalue weighted by Gasteiger charge is 2.61. The number of amides is 1. The molecule has 0 bridgehead atoms. The van der Waals surface area contributed by atoms with Crippen molar-refractivity contribution in [3.05, 3.63) is 16.7 Å². The molecule has 0 radical (unpaired) electrons. The molecule has 45 heavy (non-hydrogen) atoms. The topological polar surface area (TPSA) is 226 Å². The molecule has 18 nitrogen and oxygen atoms in total. The Labute approximate surface area is 257 Å². The van der Waals surface area contributed by atoms with Crippen LogP contribution in [0.25, 0.3) is 11.2 Å². The van der Waals surface area contributed by atoms with Crippen LogP contribution >= 0.6 is 0 Å². The van der Waals surface area contributed by atoms with Crippen LogP contribution in [-0.2, 0) is 57.1 Å². The Hall–Kier alpha value is -4.26. The highest BCUT2D eigenvalue weighted by molar-refractivity contribution is 5.91. The molecule has 0 unspecified atom stereocenters. The zero-order valence-corrected chi connectivity index (χ0v) is 25.6. The zero-order valence-electron chi connectivity index (χ0n) is 25.6. The van der Waals surface area contributed by atoms with E-state index < -0.39 is 65.7 Å². The summed E-state index contributed by atoms with van der Waals surface area (Å²) < 4.78 is 39.9.